The van der Waals surface area contributed by atoms with Crippen LogP contribution in [0.5, 0.6) is 5.75 Å². The quantitative estimate of drug-likeness (QED) is 0.255. The van der Waals surface area contributed by atoms with Gasteiger partial charge in [0.05, 0.1) is 22.6 Å². The van der Waals surface area contributed by atoms with Crippen molar-refractivity contribution in [2.75, 3.05) is 35.6 Å². The molecule has 4 bridgehead atoms. The van der Waals surface area contributed by atoms with Gasteiger partial charge in [0.25, 0.3) is 10.0 Å². The van der Waals surface area contributed by atoms with Gasteiger partial charge in [0.15, 0.2) is 0 Å². The molecule has 4 aromatic rings. The van der Waals surface area contributed by atoms with Gasteiger partial charge in [0.1, 0.15) is 22.6 Å². The summed E-state index contributed by atoms with van der Waals surface area (Å²) in [6.07, 6.45) is 2.39. The van der Waals surface area contributed by atoms with E-state index < -0.39 is 21.0 Å². The highest BCUT2D eigenvalue weighted by Gasteiger charge is 2.17. The van der Waals surface area contributed by atoms with Crippen LogP contribution < -0.4 is 24.8 Å². The molecule has 4 N–H and O–H groups in total. The van der Waals surface area contributed by atoms with E-state index in [1.54, 1.807) is 49.7 Å². The van der Waals surface area contributed by atoms with Crippen molar-refractivity contribution in [2.45, 2.75) is 30.1 Å². The normalized spacial score (nSPS) is 14.9. The molecular weight excluding hydrogens is 548 g/mol. The first-order chi connectivity index (χ1) is 19.4. The number of benzene rings is 3. The first-order valence-corrected chi connectivity index (χ1v) is 15.5. The zero-order valence-corrected chi connectivity index (χ0v) is 24.1. The fraction of sp³-hybridized carbons (Fsp3) is 0.214. The number of hydrogen-bond acceptors (Lipinski definition) is 8. The van der Waals surface area contributed by atoms with Gasteiger partial charge in [-0.2, -0.15) is 4.98 Å². The third kappa shape index (κ3) is 7.14. The SMILES string of the molecule is CC.COc1ccc(-c2cnc3nc2NCCCNS(=O)c2cc(cc(NS(=O)(=O)c4ccccc4)c2)N3)cc1. The van der Waals surface area contributed by atoms with Crippen molar-refractivity contribution in [3.8, 4) is 16.9 Å². The minimum atomic E-state index is -3.85. The third-order valence-electron chi connectivity index (χ3n) is 5.75. The largest absolute Gasteiger partial charge is 0.497 e. The van der Waals surface area contributed by atoms with Gasteiger partial charge >= 0.3 is 0 Å². The topological polar surface area (TPSA) is 134 Å². The van der Waals surface area contributed by atoms with Gasteiger partial charge in [-0.1, -0.05) is 44.2 Å². The molecule has 1 unspecified atom stereocenters. The molecule has 1 aliphatic rings. The Balaban J connectivity index is 0.00000181. The van der Waals surface area contributed by atoms with Crippen molar-refractivity contribution in [1.82, 2.24) is 14.7 Å². The molecule has 0 saturated heterocycles. The Morgan fingerprint density at radius 1 is 0.975 bits per heavy atom. The Hall–Kier alpha value is -4.00. The average Bonchev–Trinajstić information content (AvgIpc) is 2.98. The highest BCUT2D eigenvalue weighted by atomic mass is 32.2. The van der Waals surface area contributed by atoms with Crippen LogP contribution in [0, 0.1) is 0 Å². The number of methoxy groups -OCH3 is 1. The lowest BCUT2D eigenvalue weighted by molar-refractivity contribution is 0.415. The molecule has 210 valence electrons. The van der Waals surface area contributed by atoms with Gasteiger partial charge in [-0.25, -0.2) is 22.3 Å². The standard InChI is InChI=1S/C26H26N6O4S2.C2H6/c1-36-21-10-8-18(9-11-21)24-17-28-26-30-19-14-20(32-38(34,35)23-6-3-2-4-7-23)16-22(15-19)37(33)29-13-5-12-27-25(24)31-26;1-2/h2-4,6-11,14-17,29,32H,5,12-13H2,1H3,(H2,27,28,30,31);1-2H3. The van der Waals surface area contributed by atoms with Crippen LogP contribution in [-0.2, 0) is 21.0 Å². The number of anilines is 4. The number of hydrogen-bond donors (Lipinski definition) is 4. The zero-order chi connectivity index (χ0) is 28.5. The Morgan fingerprint density at radius 3 is 2.45 bits per heavy atom. The molecule has 0 fully saturated rings. The second kappa shape index (κ2) is 13.4. The summed E-state index contributed by atoms with van der Waals surface area (Å²) in [7, 11) is -3.79. The lowest BCUT2D eigenvalue weighted by Crippen LogP contribution is -2.21. The molecular formula is C28H32N6O4S2. The van der Waals surface area contributed by atoms with Crippen LogP contribution in [0.4, 0.5) is 23.1 Å². The maximum absolute atomic E-state index is 13.0. The fourth-order valence-corrected chi connectivity index (χ4v) is 5.91. The fourth-order valence-electron chi connectivity index (χ4n) is 3.88. The molecule has 0 spiro atoms. The lowest BCUT2D eigenvalue weighted by atomic mass is 10.1. The second-order valence-corrected chi connectivity index (χ2v) is 11.4. The first kappa shape index (κ1) is 29.0. The summed E-state index contributed by atoms with van der Waals surface area (Å²) in [4.78, 5) is 9.69. The van der Waals surface area contributed by atoms with Crippen LogP contribution in [0.2, 0.25) is 0 Å². The van der Waals surface area contributed by atoms with Crippen molar-refractivity contribution in [3.05, 3.63) is 79.0 Å². The Bertz CT molecular complexity index is 1570. The smallest absolute Gasteiger partial charge is 0.261 e. The maximum atomic E-state index is 13.0. The van der Waals surface area contributed by atoms with E-state index in [1.165, 1.54) is 12.1 Å². The van der Waals surface area contributed by atoms with Crippen molar-refractivity contribution < 1.29 is 17.4 Å². The van der Waals surface area contributed by atoms with Gasteiger partial charge in [-0.15, -0.1) is 0 Å². The van der Waals surface area contributed by atoms with E-state index in [9.17, 15) is 12.6 Å². The van der Waals surface area contributed by atoms with Gasteiger partial charge in [-0.3, -0.25) is 4.72 Å². The molecule has 0 aliphatic carbocycles. The first-order valence-electron chi connectivity index (χ1n) is 12.8. The maximum Gasteiger partial charge on any atom is 0.261 e. The van der Waals surface area contributed by atoms with Crippen LogP contribution in [0.25, 0.3) is 11.1 Å². The monoisotopic (exact) mass is 580 g/mol. The molecule has 40 heavy (non-hydrogen) atoms. The predicted octanol–water partition coefficient (Wildman–Crippen LogP) is 5.15. The van der Waals surface area contributed by atoms with Crippen LogP contribution >= 0.6 is 0 Å². The lowest BCUT2D eigenvalue weighted by Gasteiger charge is -2.14. The molecule has 12 heteroatoms. The minimum Gasteiger partial charge on any atom is -0.497 e. The van der Waals surface area contributed by atoms with Gasteiger partial charge in [0.2, 0.25) is 5.95 Å². The summed E-state index contributed by atoms with van der Waals surface area (Å²) in [6, 6.07) is 20.5. The van der Waals surface area contributed by atoms with E-state index >= 15 is 0 Å². The average molecular weight is 581 g/mol. The van der Waals surface area contributed by atoms with Crippen molar-refractivity contribution in [3.63, 3.8) is 0 Å². The Kier molecular flexibility index (Phi) is 9.70. The van der Waals surface area contributed by atoms with Crippen LogP contribution in [-0.4, -0.2) is 42.8 Å². The molecule has 0 amide bonds. The number of sulfonamides is 1. The molecule has 0 saturated carbocycles. The molecule has 1 atom stereocenters. The van der Waals surface area contributed by atoms with Crippen molar-refractivity contribution in [2.24, 2.45) is 0 Å². The zero-order valence-electron chi connectivity index (χ0n) is 22.5. The number of nitrogens with zero attached hydrogens (tertiary/aromatic N) is 2. The molecule has 2 heterocycles. The number of ether oxygens (including phenoxy) is 1. The minimum absolute atomic E-state index is 0.123. The van der Waals surface area contributed by atoms with E-state index in [0.29, 0.717) is 41.9 Å². The number of aromatic nitrogens is 2. The summed E-state index contributed by atoms with van der Waals surface area (Å²) in [5.74, 6) is 1.68. The third-order valence-corrected chi connectivity index (χ3v) is 8.28. The molecule has 0 radical (unpaired) electrons. The summed E-state index contributed by atoms with van der Waals surface area (Å²) in [5, 5.41) is 6.47. The highest BCUT2D eigenvalue weighted by molar-refractivity contribution is 7.92. The molecule has 1 aliphatic heterocycles. The molecule has 10 nitrogen and oxygen atoms in total. The summed E-state index contributed by atoms with van der Waals surface area (Å²) in [5.41, 5.74) is 2.47. The second-order valence-electron chi connectivity index (χ2n) is 8.42. The highest BCUT2D eigenvalue weighted by Crippen LogP contribution is 2.30. The van der Waals surface area contributed by atoms with E-state index in [1.807, 2.05) is 38.1 Å². The number of rotatable bonds is 5. The van der Waals surface area contributed by atoms with Gasteiger partial charge in [0, 0.05) is 30.5 Å². The van der Waals surface area contributed by atoms with Crippen LogP contribution in [0.1, 0.15) is 20.3 Å². The predicted molar refractivity (Wildman–Crippen MR) is 160 cm³/mol. The Morgan fingerprint density at radius 2 is 1.73 bits per heavy atom. The number of fused-ring (bicyclic) bond motifs is 4. The summed E-state index contributed by atoms with van der Waals surface area (Å²) in [6.45, 7) is 5.06. The molecule has 5 rings (SSSR count). The van der Waals surface area contributed by atoms with Crippen LogP contribution in [0.15, 0.2) is 88.8 Å². The van der Waals surface area contributed by atoms with Crippen LogP contribution in [0.3, 0.4) is 0 Å². The Labute approximate surface area is 237 Å². The summed E-state index contributed by atoms with van der Waals surface area (Å²) >= 11 is 0. The van der Waals surface area contributed by atoms with E-state index in [2.05, 4.69) is 30.0 Å². The van der Waals surface area contributed by atoms with E-state index in [-0.39, 0.29) is 10.6 Å². The van der Waals surface area contributed by atoms with Gasteiger partial charge < -0.3 is 15.4 Å². The van der Waals surface area contributed by atoms with E-state index in [4.69, 9.17) is 4.74 Å². The van der Waals surface area contributed by atoms with Crippen molar-refractivity contribution in [1.29, 1.82) is 0 Å². The summed E-state index contributed by atoms with van der Waals surface area (Å²) < 4.78 is 49.7. The molecule has 3 aromatic carbocycles. The molecule has 1 aromatic heterocycles. The number of nitrogens with one attached hydrogen (secondary N) is 4. The van der Waals surface area contributed by atoms with E-state index in [0.717, 1.165) is 16.9 Å². The van der Waals surface area contributed by atoms with Crippen molar-refractivity contribution >= 4 is 44.1 Å². The van der Waals surface area contributed by atoms with Gasteiger partial charge in [-0.05, 0) is 54.4 Å².